The van der Waals surface area contributed by atoms with E-state index < -0.39 is 10.0 Å². The number of carbonyl (C=O) groups is 1. The Bertz CT molecular complexity index is 890. The summed E-state index contributed by atoms with van der Waals surface area (Å²) in [5, 5.41) is 3.68. The minimum atomic E-state index is -3.72. The van der Waals surface area contributed by atoms with Crippen LogP contribution < -0.4 is 4.72 Å². The maximum absolute atomic E-state index is 12.6. The smallest absolute Gasteiger partial charge is 0.254 e. The predicted octanol–water partition coefficient (Wildman–Crippen LogP) is 0.717. The molecule has 1 N–H and O–H groups in total. The van der Waals surface area contributed by atoms with Crippen molar-refractivity contribution in [3.63, 3.8) is 0 Å². The van der Waals surface area contributed by atoms with Crippen molar-refractivity contribution in [1.29, 1.82) is 0 Å². The first-order valence-electron chi connectivity index (χ1n) is 8.10. The van der Waals surface area contributed by atoms with Crippen molar-refractivity contribution in [2.45, 2.75) is 30.8 Å². The van der Waals surface area contributed by atoms with Gasteiger partial charge >= 0.3 is 0 Å². The number of nitrogens with one attached hydrogen (secondary N) is 1. The third kappa shape index (κ3) is 4.26. The Hall–Kier alpha value is -2.30. The lowest BCUT2D eigenvalue weighted by Crippen LogP contribution is -2.35. The highest BCUT2D eigenvalue weighted by Gasteiger charge is 2.24. The van der Waals surface area contributed by atoms with Gasteiger partial charge in [-0.1, -0.05) is 11.2 Å². The molecule has 1 aliphatic rings. The lowest BCUT2D eigenvalue weighted by molar-refractivity contribution is 0.0769. The molecule has 1 amide bonds. The third-order valence-corrected chi connectivity index (χ3v) is 5.45. The fourth-order valence-corrected chi connectivity index (χ4v) is 3.91. The van der Waals surface area contributed by atoms with Crippen molar-refractivity contribution in [3.05, 3.63) is 41.5 Å². The number of aryl methyl sites for hydroxylation is 1. The van der Waals surface area contributed by atoms with Gasteiger partial charge in [-0.15, -0.1) is 0 Å². The molecule has 0 radical (unpaired) electrons. The van der Waals surface area contributed by atoms with Crippen molar-refractivity contribution < 1.29 is 22.5 Å². The normalized spacial score (nSPS) is 17.4. The van der Waals surface area contributed by atoms with Gasteiger partial charge in [0.15, 0.2) is 5.82 Å². The van der Waals surface area contributed by atoms with Gasteiger partial charge in [-0.2, -0.15) is 4.98 Å². The van der Waals surface area contributed by atoms with Crippen molar-refractivity contribution in [1.82, 2.24) is 19.8 Å². The zero-order valence-corrected chi connectivity index (χ0v) is 15.3. The second-order valence-corrected chi connectivity index (χ2v) is 7.82. The summed E-state index contributed by atoms with van der Waals surface area (Å²) in [7, 11) is -2.14. The van der Waals surface area contributed by atoms with Crippen LogP contribution >= 0.6 is 0 Å². The highest BCUT2D eigenvalue weighted by Crippen LogP contribution is 2.16. The van der Waals surface area contributed by atoms with E-state index in [2.05, 4.69) is 14.9 Å². The zero-order chi connectivity index (χ0) is 18.7. The highest BCUT2D eigenvalue weighted by molar-refractivity contribution is 7.89. The number of amides is 1. The molecule has 3 rings (SSSR count). The molecule has 9 nitrogen and oxygen atoms in total. The molecule has 2 aromatic rings. The zero-order valence-electron chi connectivity index (χ0n) is 14.5. The van der Waals surface area contributed by atoms with Gasteiger partial charge in [0.1, 0.15) is 0 Å². The molecule has 0 aliphatic carbocycles. The Kier molecular flexibility index (Phi) is 5.35. The summed E-state index contributed by atoms with van der Waals surface area (Å²) >= 11 is 0. The van der Waals surface area contributed by atoms with E-state index in [1.807, 2.05) is 0 Å². The van der Waals surface area contributed by atoms with Crippen LogP contribution in [-0.2, 0) is 21.3 Å². The Labute approximate surface area is 151 Å². The maximum atomic E-state index is 12.6. The second-order valence-electron chi connectivity index (χ2n) is 6.11. The third-order valence-electron chi connectivity index (χ3n) is 3.93. The van der Waals surface area contributed by atoms with Crippen LogP contribution in [-0.4, -0.2) is 55.7 Å². The van der Waals surface area contributed by atoms with Gasteiger partial charge in [-0.3, -0.25) is 4.79 Å². The van der Waals surface area contributed by atoms with Crippen LogP contribution in [0, 0.1) is 6.92 Å². The number of rotatable bonds is 6. The van der Waals surface area contributed by atoms with Gasteiger partial charge in [-0.25, -0.2) is 13.1 Å². The molecule has 1 saturated heterocycles. The molecule has 1 unspecified atom stereocenters. The summed E-state index contributed by atoms with van der Waals surface area (Å²) in [5.74, 6) is 0.447. The minimum Gasteiger partial charge on any atom is -0.380 e. The molecule has 2 heterocycles. The van der Waals surface area contributed by atoms with Gasteiger partial charge in [0.05, 0.1) is 18.0 Å². The molecule has 0 bridgehead atoms. The number of aromatic nitrogens is 2. The number of hydrogen-bond donors (Lipinski definition) is 1. The fraction of sp³-hybridized carbons (Fsp3) is 0.438. The van der Waals surface area contributed by atoms with E-state index in [0.717, 1.165) is 0 Å². The summed E-state index contributed by atoms with van der Waals surface area (Å²) in [6.07, 6.45) is 0.629. The van der Waals surface area contributed by atoms with E-state index in [0.29, 0.717) is 31.3 Å². The summed E-state index contributed by atoms with van der Waals surface area (Å²) in [6, 6.07) is 5.67. The maximum Gasteiger partial charge on any atom is 0.254 e. The first kappa shape index (κ1) is 18.5. The first-order valence-corrected chi connectivity index (χ1v) is 9.58. The monoisotopic (exact) mass is 380 g/mol. The van der Waals surface area contributed by atoms with Gasteiger partial charge in [0.2, 0.25) is 15.9 Å². The van der Waals surface area contributed by atoms with Crippen molar-refractivity contribution in [2.24, 2.45) is 0 Å². The van der Waals surface area contributed by atoms with E-state index in [1.165, 1.54) is 23.1 Å². The average Bonchev–Trinajstić information content (AvgIpc) is 3.25. The van der Waals surface area contributed by atoms with Gasteiger partial charge < -0.3 is 14.2 Å². The molecular formula is C16H20N4O5S. The minimum absolute atomic E-state index is 0.0392. The molecule has 1 fully saturated rings. The molecule has 10 heteroatoms. The quantitative estimate of drug-likeness (QED) is 0.785. The molecule has 1 aromatic heterocycles. The first-order chi connectivity index (χ1) is 12.3. The van der Waals surface area contributed by atoms with Crippen LogP contribution in [0.4, 0.5) is 0 Å². The van der Waals surface area contributed by atoms with Gasteiger partial charge in [-0.05, 0) is 31.5 Å². The van der Waals surface area contributed by atoms with Crippen molar-refractivity contribution >= 4 is 15.9 Å². The molecule has 26 heavy (non-hydrogen) atoms. The van der Waals surface area contributed by atoms with Crippen LogP contribution in [0.5, 0.6) is 0 Å². The van der Waals surface area contributed by atoms with Crippen LogP contribution in [0.3, 0.4) is 0 Å². The molecule has 1 atom stereocenters. The Morgan fingerprint density at radius 3 is 2.88 bits per heavy atom. The number of sulfonamides is 1. The van der Waals surface area contributed by atoms with E-state index >= 15 is 0 Å². The van der Waals surface area contributed by atoms with Crippen LogP contribution in [0.2, 0.25) is 0 Å². The molecule has 140 valence electrons. The lowest BCUT2D eigenvalue weighted by atomic mass is 10.2. The summed E-state index contributed by atoms with van der Waals surface area (Å²) < 4.78 is 37.8. The largest absolute Gasteiger partial charge is 0.380 e. The van der Waals surface area contributed by atoms with E-state index in [1.54, 1.807) is 20.0 Å². The standard InChI is InChI=1S/C16H20N4O5S/c1-11-17-15(25-18-11)9-20(2)16(21)12-4-3-5-14(8-12)26(22,23)19-13-6-7-24-10-13/h3-5,8,13,19H,6-7,9-10H2,1-2H3. The van der Waals surface area contributed by atoms with E-state index in [-0.39, 0.29) is 29.0 Å². The van der Waals surface area contributed by atoms with Crippen LogP contribution in [0.25, 0.3) is 0 Å². The summed E-state index contributed by atoms with van der Waals surface area (Å²) in [5.41, 5.74) is 0.259. The Morgan fingerprint density at radius 1 is 1.42 bits per heavy atom. The van der Waals surface area contributed by atoms with Crippen molar-refractivity contribution in [2.75, 3.05) is 20.3 Å². The SMILES string of the molecule is Cc1noc(CN(C)C(=O)c2cccc(S(=O)(=O)NC3CCOC3)c2)n1. The Balaban J connectivity index is 1.74. The molecule has 1 aliphatic heterocycles. The van der Waals surface area contributed by atoms with Gasteiger partial charge in [0, 0.05) is 25.3 Å². The predicted molar refractivity (Wildman–Crippen MR) is 90.8 cm³/mol. The van der Waals surface area contributed by atoms with Crippen LogP contribution in [0.15, 0.2) is 33.7 Å². The molecule has 0 spiro atoms. The lowest BCUT2D eigenvalue weighted by Gasteiger charge is -2.16. The average molecular weight is 380 g/mol. The molecule has 1 aromatic carbocycles. The topological polar surface area (TPSA) is 115 Å². The Morgan fingerprint density at radius 2 is 2.23 bits per heavy atom. The van der Waals surface area contributed by atoms with Crippen molar-refractivity contribution in [3.8, 4) is 0 Å². The highest BCUT2D eigenvalue weighted by atomic mass is 32.2. The molecular weight excluding hydrogens is 360 g/mol. The van der Waals surface area contributed by atoms with Crippen LogP contribution in [0.1, 0.15) is 28.5 Å². The number of benzene rings is 1. The number of ether oxygens (including phenoxy) is 1. The second kappa shape index (κ2) is 7.52. The van der Waals surface area contributed by atoms with Gasteiger partial charge in [0.25, 0.3) is 5.91 Å². The fourth-order valence-electron chi connectivity index (χ4n) is 2.61. The number of nitrogens with zero attached hydrogens (tertiary/aromatic N) is 3. The molecule has 0 saturated carbocycles. The summed E-state index contributed by atoms with van der Waals surface area (Å²) in [6.45, 7) is 2.70. The summed E-state index contributed by atoms with van der Waals surface area (Å²) in [4.78, 5) is 18.1. The van der Waals surface area contributed by atoms with E-state index in [9.17, 15) is 13.2 Å². The number of hydrogen-bond acceptors (Lipinski definition) is 7. The number of carbonyl (C=O) groups excluding carboxylic acids is 1. The van der Waals surface area contributed by atoms with E-state index in [4.69, 9.17) is 9.26 Å².